The van der Waals surface area contributed by atoms with Crippen molar-refractivity contribution in [3.63, 3.8) is 0 Å². The first-order chi connectivity index (χ1) is 13.4. The number of ether oxygens (including phenoxy) is 1. The van der Waals surface area contributed by atoms with Crippen LogP contribution in [-0.2, 0) is 14.4 Å². The van der Waals surface area contributed by atoms with Gasteiger partial charge in [0.2, 0.25) is 0 Å². The van der Waals surface area contributed by atoms with E-state index in [2.05, 4.69) is 5.43 Å². The number of rotatable bonds is 6. The maximum absolute atomic E-state index is 12.5. The Morgan fingerprint density at radius 3 is 2.57 bits per heavy atom. The van der Waals surface area contributed by atoms with Crippen molar-refractivity contribution >= 4 is 35.2 Å². The first-order valence-electron chi connectivity index (χ1n) is 7.92. The molecule has 2 aromatic carbocycles. The number of carboxylic acids is 1. The Balaban J connectivity index is 1.91. The van der Waals surface area contributed by atoms with Gasteiger partial charge >= 0.3 is 11.7 Å². The van der Waals surface area contributed by atoms with Gasteiger partial charge in [-0.15, -0.1) is 0 Å². The van der Waals surface area contributed by atoms with Crippen molar-refractivity contribution in [3.8, 4) is 5.75 Å². The molecule has 1 aliphatic heterocycles. The number of carbonyl (C=O) groups excluding carboxylic acids is 2. The van der Waals surface area contributed by atoms with Crippen LogP contribution in [0, 0.1) is 10.1 Å². The van der Waals surface area contributed by atoms with Crippen LogP contribution in [-0.4, -0.2) is 34.4 Å². The molecule has 0 aromatic heterocycles. The zero-order valence-electron chi connectivity index (χ0n) is 14.2. The maximum Gasteiger partial charge on any atom is 0.341 e. The van der Waals surface area contributed by atoms with E-state index in [9.17, 15) is 24.5 Å². The van der Waals surface area contributed by atoms with Crippen LogP contribution < -0.4 is 15.2 Å². The van der Waals surface area contributed by atoms with Crippen molar-refractivity contribution in [2.75, 3.05) is 11.6 Å². The predicted octanol–water partition coefficient (Wildman–Crippen LogP) is 1.52. The van der Waals surface area contributed by atoms with Crippen LogP contribution >= 0.6 is 0 Å². The minimum atomic E-state index is -1.28. The molecule has 0 atom stereocenters. The molecular formula is C18H13N3O7. The van der Waals surface area contributed by atoms with E-state index >= 15 is 0 Å². The van der Waals surface area contributed by atoms with Gasteiger partial charge < -0.3 is 9.84 Å². The molecule has 28 heavy (non-hydrogen) atoms. The van der Waals surface area contributed by atoms with Gasteiger partial charge in [-0.05, 0) is 29.8 Å². The topological polar surface area (TPSA) is 139 Å². The number of benzene rings is 2. The molecule has 142 valence electrons. The molecule has 0 spiro atoms. The van der Waals surface area contributed by atoms with E-state index in [4.69, 9.17) is 9.84 Å². The molecule has 0 saturated carbocycles. The van der Waals surface area contributed by atoms with E-state index in [-0.39, 0.29) is 16.9 Å². The first-order valence-corrected chi connectivity index (χ1v) is 7.92. The third-order valence-electron chi connectivity index (χ3n) is 3.75. The van der Waals surface area contributed by atoms with E-state index in [1.54, 1.807) is 30.3 Å². The van der Waals surface area contributed by atoms with Crippen LogP contribution in [0.1, 0.15) is 5.56 Å². The van der Waals surface area contributed by atoms with Crippen LogP contribution in [0.15, 0.2) is 54.1 Å². The monoisotopic (exact) mass is 383 g/mol. The largest absolute Gasteiger partial charge is 0.479 e. The number of nitro groups is 1. The Bertz CT molecular complexity index is 1000. The number of carboxylic acid groups (broad SMARTS) is 1. The van der Waals surface area contributed by atoms with Gasteiger partial charge in [0.05, 0.1) is 10.6 Å². The lowest BCUT2D eigenvalue weighted by molar-refractivity contribution is -0.385. The summed E-state index contributed by atoms with van der Waals surface area (Å²) in [5.74, 6) is -2.77. The van der Waals surface area contributed by atoms with Crippen LogP contribution in [0.4, 0.5) is 11.4 Å². The summed E-state index contributed by atoms with van der Waals surface area (Å²) in [4.78, 5) is 45.8. The molecule has 2 N–H and O–H groups in total. The zero-order chi connectivity index (χ0) is 20.3. The minimum Gasteiger partial charge on any atom is -0.479 e. The van der Waals surface area contributed by atoms with Crippen LogP contribution in [0.25, 0.3) is 6.08 Å². The molecule has 10 nitrogen and oxygen atoms in total. The highest BCUT2D eigenvalue weighted by molar-refractivity contribution is 6.31. The molecule has 0 unspecified atom stereocenters. The van der Waals surface area contributed by atoms with Crippen molar-refractivity contribution in [3.05, 3.63) is 69.8 Å². The fourth-order valence-corrected chi connectivity index (χ4v) is 2.51. The molecule has 1 saturated heterocycles. The summed E-state index contributed by atoms with van der Waals surface area (Å²) in [6.07, 6.45) is 1.22. The molecule has 3 rings (SSSR count). The predicted molar refractivity (Wildman–Crippen MR) is 96.3 cm³/mol. The summed E-state index contributed by atoms with van der Waals surface area (Å²) in [6.45, 7) is -0.742. The lowest BCUT2D eigenvalue weighted by Gasteiger charge is -2.13. The lowest BCUT2D eigenvalue weighted by atomic mass is 10.1. The van der Waals surface area contributed by atoms with Gasteiger partial charge in [0, 0.05) is 6.07 Å². The second-order valence-corrected chi connectivity index (χ2v) is 5.64. The number of amides is 2. The molecule has 1 heterocycles. The van der Waals surface area contributed by atoms with E-state index in [0.29, 0.717) is 5.69 Å². The first kappa shape index (κ1) is 18.6. The van der Waals surface area contributed by atoms with Crippen LogP contribution in [0.2, 0.25) is 0 Å². The maximum atomic E-state index is 12.5. The molecule has 1 fully saturated rings. The summed E-state index contributed by atoms with van der Waals surface area (Å²) in [7, 11) is 0. The standard InChI is InChI=1S/C18H13N3O7/c22-16(23)10-28-15-7-6-11(9-14(15)21(26)27)8-13-17(24)19-20(18(13)25)12-4-2-1-3-5-12/h1-9H,10H2,(H,19,24)(H,22,23)/b13-8-. The minimum absolute atomic E-state index is 0.197. The highest BCUT2D eigenvalue weighted by Crippen LogP contribution is 2.29. The van der Waals surface area contributed by atoms with Gasteiger partial charge in [-0.3, -0.25) is 25.1 Å². The number of nitrogens with one attached hydrogen (secondary N) is 1. The summed E-state index contributed by atoms with van der Waals surface area (Å²) < 4.78 is 4.89. The Morgan fingerprint density at radius 1 is 1.21 bits per heavy atom. The van der Waals surface area contributed by atoms with E-state index in [1.807, 2.05) is 0 Å². The molecule has 10 heteroatoms. The number of anilines is 1. The quantitative estimate of drug-likeness (QED) is 0.334. The number of para-hydroxylation sites is 1. The van der Waals surface area contributed by atoms with Crippen LogP contribution in [0.3, 0.4) is 0 Å². The number of hydrogen-bond donors (Lipinski definition) is 2. The summed E-state index contributed by atoms with van der Waals surface area (Å²) >= 11 is 0. The van der Waals surface area contributed by atoms with Gasteiger partial charge in [0.1, 0.15) is 5.57 Å². The number of carbonyl (C=O) groups is 3. The van der Waals surface area contributed by atoms with Crippen molar-refractivity contribution < 1.29 is 29.2 Å². The molecule has 0 radical (unpaired) electrons. The van der Waals surface area contributed by atoms with Gasteiger partial charge in [-0.25, -0.2) is 9.80 Å². The van der Waals surface area contributed by atoms with Gasteiger partial charge in [-0.2, -0.15) is 0 Å². The average Bonchev–Trinajstić information content (AvgIpc) is 2.95. The van der Waals surface area contributed by atoms with Crippen molar-refractivity contribution in [1.82, 2.24) is 5.43 Å². The molecule has 2 amide bonds. The smallest absolute Gasteiger partial charge is 0.341 e. The Morgan fingerprint density at radius 2 is 1.93 bits per heavy atom. The molecule has 0 bridgehead atoms. The molecule has 1 aliphatic rings. The highest BCUT2D eigenvalue weighted by atomic mass is 16.6. The number of nitro benzene ring substituents is 1. The third-order valence-corrected chi connectivity index (χ3v) is 3.75. The number of hydrazine groups is 1. The van der Waals surface area contributed by atoms with Gasteiger partial charge in [0.25, 0.3) is 11.8 Å². The van der Waals surface area contributed by atoms with E-state index < -0.39 is 35.0 Å². The van der Waals surface area contributed by atoms with Crippen molar-refractivity contribution in [1.29, 1.82) is 0 Å². The zero-order valence-corrected chi connectivity index (χ0v) is 14.2. The molecule has 2 aromatic rings. The van der Waals surface area contributed by atoms with Gasteiger partial charge in [0.15, 0.2) is 12.4 Å². The van der Waals surface area contributed by atoms with E-state index in [1.165, 1.54) is 18.2 Å². The third kappa shape index (κ3) is 3.80. The fraction of sp³-hybridized carbons (Fsp3) is 0.0556. The second kappa shape index (κ2) is 7.58. The normalized spacial score (nSPS) is 14.9. The lowest BCUT2D eigenvalue weighted by Crippen LogP contribution is -2.35. The number of hydrogen-bond acceptors (Lipinski definition) is 6. The Labute approximate surface area is 157 Å². The summed E-state index contributed by atoms with van der Waals surface area (Å²) in [6, 6.07) is 12.1. The SMILES string of the molecule is O=C(O)COc1ccc(/C=C2/C(=O)NN(c3ccccc3)C2=O)cc1[N+](=O)[O-]. The van der Waals surface area contributed by atoms with Crippen molar-refractivity contribution in [2.24, 2.45) is 0 Å². The van der Waals surface area contributed by atoms with Crippen molar-refractivity contribution in [2.45, 2.75) is 0 Å². The Hall–Kier alpha value is -4.21. The fourth-order valence-electron chi connectivity index (χ4n) is 2.51. The highest BCUT2D eigenvalue weighted by Gasteiger charge is 2.34. The Kier molecular flexibility index (Phi) is 5.03. The number of aliphatic carboxylic acids is 1. The van der Waals surface area contributed by atoms with Crippen LogP contribution in [0.5, 0.6) is 5.75 Å². The number of nitrogens with zero attached hydrogens (tertiary/aromatic N) is 2. The summed E-state index contributed by atoms with van der Waals surface area (Å²) in [5, 5.41) is 20.9. The average molecular weight is 383 g/mol. The second-order valence-electron chi connectivity index (χ2n) is 5.64. The summed E-state index contributed by atoms with van der Waals surface area (Å²) in [5.41, 5.74) is 2.42. The van der Waals surface area contributed by atoms with Gasteiger partial charge in [-0.1, -0.05) is 24.3 Å². The molecule has 0 aliphatic carbocycles. The van der Waals surface area contributed by atoms with E-state index in [0.717, 1.165) is 11.1 Å². The molecular weight excluding hydrogens is 370 g/mol.